The molecule has 0 radical (unpaired) electrons. The Hall–Kier alpha value is -10.8. The van der Waals surface area contributed by atoms with Gasteiger partial charge in [0.1, 0.15) is 23.0 Å². The summed E-state index contributed by atoms with van der Waals surface area (Å²) in [5.41, 5.74) is 14.3. The van der Waals surface area contributed by atoms with E-state index in [1.807, 2.05) is 36.4 Å². The lowest BCUT2D eigenvalue weighted by Crippen LogP contribution is -2.16. The summed E-state index contributed by atoms with van der Waals surface area (Å²) in [5.74, 6) is 2.68. The van der Waals surface area contributed by atoms with Crippen LogP contribution in [0.15, 0.2) is 322 Å². The van der Waals surface area contributed by atoms with E-state index in [2.05, 4.69) is 310 Å². The number of rotatable bonds is 9. The third kappa shape index (κ3) is 10.2. The quantitative estimate of drug-likeness (QED) is 0.143. The van der Waals surface area contributed by atoms with Crippen molar-refractivity contribution in [2.24, 2.45) is 0 Å². The Kier molecular flexibility index (Phi) is 13.2. The molecule has 12 aromatic carbocycles. The first-order valence-corrected chi connectivity index (χ1v) is 26.5. The largest absolute Gasteiger partial charge is 0.457 e. The SMILES string of the molecule is c1ccc(N(c2ccccc2)c2cc3cc(c2)N(c2ccccc2)c2cccc(c2)Oc2cccc(c2)N(c2ccccc2)c2cc(N(c4ccccc4)c4ccccc4)cc(c2)N(c2ccccc2)c2cccc(c2)O3)cc1. The van der Waals surface area contributed by atoms with E-state index in [0.717, 1.165) is 85.3 Å². The van der Waals surface area contributed by atoms with Gasteiger partial charge in [-0.05, 0) is 146 Å². The summed E-state index contributed by atoms with van der Waals surface area (Å²) in [6.45, 7) is 0. The Morgan fingerprint density at radius 2 is 0.430 bits per heavy atom. The van der Waals surface area contributed by atoms with Crippen LogP contribution in [0.25, 0.3) is 0 Å². The molecule has 1 heterocycles. The zero-order valence-electron chi connectivity index (χ0n) is 43.2. The van der Waals surface area contributed by atoms with E-state index in [0.29, 0.717) is 23.0 Å². The molecule has 1 aliphatic rings. The minimum absolute atomic E-state index is 0.650. The van der Waals surface area contributed by atoms with Gasteiger partial charge in [0, 0.05) is 87.2 Å². The van der Waals surface area contributed by atoms with E-state index >= 15 is 0 Å². The zero-order valence-corrected chi connectivity index (χ0v) is 43.2. The number of hydrogen-bond acceptors (Lipinski definition) is 7. The van der Waals surface area contributed by atoms with Crippen LogP contribution in [0.1, 0.15) is 0 Å². The minimum Gasteiger partial charge on any atom is -0.457 e. The fourth-order valence-electron chi connectivity index (χ4n) is 10.5. The molecule has 0 amide bonds. The third-order valence-electron chi connectivity index (χ3n) is 13.9. The minimum atomic E-state index is 0.650. The van der Waals surface area contributed by atoms with Crippen molar-refractivity contribution in [3.05, 3.63) is 322 Å². The molecule has 0 saturated carbocycles. The average Bonchev–Trinajstić information content (AvgIpc) is 3.54. The Morgan fingerprint density at radius 1 is 0.177 bits per heavy atom. The number of ether oxygens (including phenoxy) is 2. The van der Waals surface area contributed by atoms with Gasteiger partial charge >= 0.3 is 0 Å². The van der Waals surface area contributed by atoms with Crippen molar-refractivity contribution in [2.75, 3.05) is 24.5 Å². The number of fused-ring (bicyclic) bond motifs is 10. The van der Waals surface area contributed by atoms with Gasteiger partial charge < -0.3 is 34.0 Å². The molecule has 13 rings (SSSR count). The van der Waals surface area contributed by atoms with Crippen LogP contribution in [-0.4, -0.2) is 0 Å². The first kappa shape index (κ1) is 47.9. The Labute approximate surface area is 461 Å². The van der Waals surface area contributed by atoms with Crippen LogP contribution >= 0.6 is 0 Å². The van der Waals surface area contributed by atoms with Crippen LogP contribution in [0.2, 0.25) is 0 Å². The maximum Gasteiger partial charge on any atom is 0.131 e. The van der Waals surface area contributed by atoms with E-state index < -0.39 is 0 Å². The summed E-state index contributed by atoms with van der Waals surface area (Å²) in [5, 5.41) is 0. The smallest absolute Gasteiger partial charge is 0.131 e. The van der Waals surface area contributed by atoms with E-state index in [-0.39, 0.29) is 0 Å². The fraction of sp³-hybridized carbons (Fsp3) is 0. The first-order valence-electron chi connectivity index (χ1n) is 26.5. The van der Waals surface area contributed by atoms with Gasteiger partial charge in [-0.15, -0.1) is 0 Å². The summed E-state index contributed by atoms with van der Waals surface area (Å²) in [6.07, 6.45) is 0. The van der Waals surface area contributed by atoms with Crippen molar-refractivity contribution < 1.29 is 9.47 Å². The Morgan fingerprint density at radius 3 is 0.759 bits per heavy atom. The van der Waals surface area contributed by atoms with E-state index in [9.17, 15) is 0 Å². The number of nitrogens with zero attached hydrogens (tertiary/aromatic N) is 5. The molecular weight excluding hydrogens is 967 g/mol. The van der Waals surface area contributed by atoms with Crippen molar-refractivity contribution in [3.63, 3.8) is 0 Å². The van der Waals surface area contributed by atoms with Crippen molar-refractivity contribution in [1.82, 2.24) is 0 Å². The molecule has 12 aromatic rings. The predicted octanol–water partition coefficient (Wildman–Crippen LogP) is 20.9. The molecule has 0 spiro atoms. The van der Waals surface area contributed by atoms with Gasteiger partial charge in [-0.1, -0.05) is 146 Å². The monoisotopic (exact) mass is 1020 g/mol. The van der Waals surface area contributed by atoms with Crippen LogP contribution in [0.3, 0.4) is 0 Å². The molecule has 7 heteroatoms. The molecular formula is C72H53N5O2. The van der Waals surface area contributed by atoms with Crippen LogP contribution in [0.5, 0.6) is 23.0 Å². The molecule has 0 aliphatic carbocycles. The second kappa shape index (κ2) is 21.8. The lowest BCUT2D eigenvalue weighted by atomic mass is 10.1. The van der Waals surface area contributed by atoms with E-state index in [1.165, 1.54) is 0 Å². The third-order valence-corrected chi connectivity index (χ3v) is 13.9. The van der Waals surface area contributed by atoms with Gasteiger partial charge in [-0.2, -0.15) is 0 Å². The molecule has 0 unspecified atom stereocenters. The first-order chi connectivity index (χ1) is 39.1. The number of para-hydroxylation sites is 7. The second-order valence-corrected chi connectivity index (χ2v) is 19.1. The number of benzene rings is 12. The van der Waals surface area contributed by atoms with Gasteiger partial charge in [0.15, 0.2) is 0 Å². The maximum atomic E-state index is 7.24. The molecule has 1 aliphatic heterocycles. The van der Waals surface area contributed by atoms with Crippen molar-refractivity contribution >= 4 is 85.3 Å². The zero-order chi connectivity index (χ0) is 52.7. The normalized spacial score (nSPS) is 11.9. The molecule has 0 N–H and O–H groups in total. The highest BCUT2D eigenvalue weighted by Gasteiger charge is 2.25. The highest BCUT2D eigenvalue weighted by atomic mass is 16.5. The van der Waals surface area contributed by atoms with Gasteiger partial charge in [0.05, 0.1) is 28.4 Å². The molecule has 0 aromatic heterocycles. The lowest BCUT2D eigenvalue weighted by molar-refractivity contribution is 0.483. The van der Waals surface area contributed by atoms with Crippen molar-refractivity contribution in [1.29, 1.82) is 0 Å². The van der Waals surface area contributed by atoms with Crippen molar-refractivity contribution in [2.45, 2.75) is 0 Å². The Balaban J connectivity index is 1.08. The highest BCUT2D eigenvalue weighted by molar-refractivity contribution is 5.90. The lowest BCUT2D eigenvalue weighted by Gasteiger charge is -2.33. The average molecular weight is 1020 g/mol. The van der Waals surface area contributed by atoms with Crippen molar-refractivity contribution in [3.8, 4) is 23.0 Å². The molecule has 79 heavy (non-hydrogen) atoms. The number of hydrogen-bond donors (Lipinski definition) is 0. The summed E-state index contributed by atoms with van der Waals surface area (Å²) >= 11 is 0. The van der Waals surface area contributed by atoms with Crippen LogP contribution in [-0.2, 0) is 0 Å². The molecule has 0 atom stereocenters. The topological polar surface area (TPSA) is 34.7 Å². The van der Waals surface area contributed by atoms with Gasteiger partial charge in [-0.25, -0.2) is 0 Å². The standard InChI is InChI=1S/C72H53N5O2/c1-8-25-54(26-9-1)73(55-27-10-2-11-28-55)64-45-65-47-66(46-64)76(59-35-18-6-19-36-59)62-40-24-44-71(51-62)79-72-52-67(74(56-29-12-3-13-30-56)57-31-14-4-15-32-57)48-68(53-72)77(60-37-20-7-21-38-60)63-41-23-43-70(50-63)78-69-42-22-39-61(49-69)75(65)58-33-16-5-17-34-58/h1-53H. The molecule has 7 nitrogen and oxygen atoms in total. The summed E-state index contributed by atoms with van der Waals surface area (Å²) in [6, 6.07) is 112. The molecule has 378 valence electrons. The molecule has 0 fully saturated rings. The summed E-state index contributed by atoms with van der Waals surface area (Å²) in [4.78, 5) is 11.5. The summed E-state index contributed by atoms with van der Waals surface area (Å²) in [7, 11) is 0. The Bertz CT molecular complexity index is 3910. The maximum absolute atomic E-state index is 7.24. The highest BCUT2D eigenvalue weighted by Crippen LogP contribution is 2.49. The fourth-order valence-corrected chi connectivity index (χ4v) is 10.5. The van der Waals surface area contributed by atoms with Gasteiger partial charge in [0.2, 0.25) is 0 Å². The van der Waals surface area contributed by atoms with Crippen LogP contribution < -0.4 is 34.0 Å². The molecule has 0 saturated heterocycles. The van der Waals surface area contributed by atoms with Gasteiger partial charge in [-0.3, -0.25) is 0 Å². The van der Waals surface area contributed by atoms with Gasteiger partial charge in [0.25, 0.3) is 0 Å². The van der Waals surface area contributed by atoms with Crippen LogP contribution in [0.4, 0.5) is 85.3 Å². The molecule has 10 bridgehead atoms. The van der Waals surface area contributed by atoms with E-state index in [4.69, 9.17) is 9.47 Å². The summed E-state index contributed by atoms with van der Waals surface area (Å²) < 4.78 is 14.2. The number of anilines is 15. The van der Waals surface area contributed by atoms with Crippen LogP contribution in [0, 0.1) is 0 Å². The van der Waals surface area contributed by atoms with E-state index in [1.54, 1.807) is 0 Å². The second-order valence-electron chi connectivity index (χ2n) is 19.1. The predicted molar refractivity (Wildman–Crippen MR) is 326 cm³/mol.